The Morgan fingerprint density at radius 1 is 1.31 bits per heavy atom. The van der Waals surface area contributed by atoms with Crippen molar-refractivity contribution in [2.45, 2.75) is 26.3 Å². The van der Waals surface area contributed by atoms with Crippen molar-refractivity contribution in [1.82, 2.24) is 14.8 Å². The molecule has 0 fully saturated rings. The third-order valence-electron chi connectivity index (χ3n) is 3.99. The lowest BCUT2D eigenvalue weighted by atomic mass is 10.1. The van der Waals surface area contributed by atoms with Gasteiger partial charge in [-0.15, -0.1) is 24.0 Å². The second-order valence-corrected chi connectivity index (χ2v) is 6.56. The van der Waals surface area contributed by atoms with Crippen molar-refractivity contribution < 1.29 is 5.11 Å². The van der Waals surface area contributed by atoms with Crippen LogP contribution in [0.2, 0.25) is 5.02 Å². The molecular weight excluding hydrogens is 463 g/mol. The molecule has 2 rings (SSSR count). The highest BCUT2D eigenvalue weighted by Crippen LogP contribution is 2.14. The van der Waals surface area contributed by atoms with Crippen LogP contribution in [0.3, 0.4) is 0 Å². The Labute approximate surface area is 178 Å². The van der Waals surface area contributed by atoms with Gasteiger partial charge in [-0.3, -0.25) is 4.99 Å². The zero-order valence-electron chi connectivity index (χ0n) is 15.6. The van der Waals surface area contributed by atoms with Crippen LogP contribution in [0.4, 0.5) is 0 Å². The maximum Gasteiger partial charge on any atom is 0.194 e. The van der Waals surface area contributed by atoms with Crippen molar-refractivity contribution in [2.75, 3.05) is 20.1 Å². The van der Waals surface area contributed by atoms with Crippen LogP contribution >= 0.6 is 35.6 Å². The van der Waals surface area contributed by atoms with Crippen LogP contribution in [-0.2, 0) is 20.0 Å². The average molecular weight is 491 g/mol. The van der Waals surface area contributed by atoms with Crippen LogP contribution in [0.25, 0.3) is 0 Å². The molecule has 1 heterocycles. The number of phenolic OH excluding ortho intramolecular Hbond substituents is 1. The van der Waals surface area contributed by atoms with E-state index in [0.717, 1.165) is 49.2 Å². The fourth-order valence-electron chi connectivity index (χ4n) is 2.64. The fraction of sp³-hybridized carbons (Fsp3) is 0.421. The number of aliphatic imine (C=N–C) groups is 1. The number of nitrogens with one attached hydrogen (secondary N) is 1. The molecule has 0 atom stereocenters. The zero-order chi connectivity index (χ0) is 18.2. The van der Waals surface area contributed by atoms with Gasteiger partial charge in [0.25, 0.3) is 0 Å². The summed E-state index contributed by atoms with van der Waals surface area (Å²) >= 11 is 6.06. The van der Waals surface area contributed by atoms with Crippen molar-refractivity contribution in [3.63, 3.8) is 0 Å². The monoisotopic (exact) mass is 490 g/mol. The summed E-state index contributed by atoms with van der Waals surface area (Å²) in [6.45, 7) is 4.39. The predicted octanol–water partition coefficient (Wildman–Crippen LogP) is 4.03. The van der Waals surface area contributed by atoms with E-state index >= 15 is 0 Å². The summed E-state index contributed by atoms with van der Waals surface area (Å²) < 4.78 is 2.03. The lowest BCUT2D eigenvalue weighted by molar-refractivity contribution is 0.461. The molecule has 0 unspecified atom stereocenters. The zero-order valence-corrected chi connectivity index (χ0v) is 18.7. The van der Waals surface area contributed by atoms with Gasteiger partial charge in [-0.1, -0.05) is 23.7 Å². The Balaban J connectivity index is 0.00000338. The van der Waals surface area contributed by atoms with Crippen molar-refractivity contribution >= 4 is 41.5 Å². The minimum atomic E-state index is 0. The lowest BCUT2D eigenvalue weighted by Crippen LogP contribution is -2.38. The molecule has 2 aromatic rings. The van der Waals surface area contributed by atoms with E-state index < -0.39 is 0 Å². The number of hydrogen-bond acceptors (Lipinski definition) is 2. The molecule has 5 nitrogen and oxygen atoms in total. The molecule has 0 aliphatic heterocycles. The quantitative estimate of drug-likeness (QED) is 0.267. The standard InChI is InChI=1S/C19H27ClN4O.HI/c1-4-21-19(24(3)14-17-12-16(20)13-23(17)2)22-11-5-6-15-7-9-18(25)10-8-15;/h7-10,12-13,25H,4-6,11,14H2,1-3H3,(H,21,22);1H. The van der Waals surface area contributed by atoms with E-state index in [2.05, 4.69) is 17.1 Å². The number of rotatable bonds is 7. The van der Waals surface area contributed by atoms with Gasteiger partial charge in [0, 0.05) is 39.1 Å². The van der Waals surface area contributed by atoms with E-state index in [4.69, 9.17) is 16.6 Å². The first-order valence-electron chi connectivity index (χ1n) is 8.57. The molecule has 0 aliphatic rings. The third kappa shape index (κ3) is 7.07. The summed E-state index contributed by atoms with van der Waals surface area (Å²) in [5.41, 5.74) is 2.35. The van der Waals surface area contributed by atoms with Gasteiger partial charge in [0.15, 0.2) is 5.96 Å². The number of halogens is 2. The summed E-state index contributed by atoms with van der Waals surface area (Å²) in [6, 6.07) is 9.33. The molecule has 144 valence electrons. The molecule has 0 aliphatic carbocycles. The van der Waals surface area contributed by atoms with Gasteiger partial charge < -0.3 is 19.9 Å². The van der Waals surface area contributed by atoms with Crippen molar-refractivity contribution in [1.29, 1.82) is 0 Å². The van der Waals surface area contributed by atoms with E-state index in [1.54, 1.807) is 12.1 Å². The second kappa shape index (κ2) is 11.3. The largest absolute Gasteiger partial charge is 0.508 e. The molecule has 2 N–H and O–H groups in total. The minimum absolute atomic E-state index is 0. The first-order chi connectivity index (χ1) is 12.0. The molecule has 0 saturated carbocycles. The Kier molecular flexibility index (Phi) is 9.87. The fourth-order valence-corrected chi connectivity index (χ4v) is 2.91. The number of nitrogens with zero attached hydrogens (tertiary/aromatic N) is 3. The molecule has 0 bridgehead atoms. The van der Waals surface area contributed by atoms with Gasteiger partial charge in [-0.2, -0.15) is 0 Å². The minimum Gasteiger partial charge on any atom is -0.508 e. The van der Waals surface area contributed by atoms with Crippen molar-refractivity contribution in [3.05, 3.63) is 52.8 Å². The van der Waals surface area contributed by atoms with E-state index in [-0.39, 0.29) is 24.0 Å². The molecule has 1 aromatic carbocycles. The topological polar surface area (TPSA) is 52.8 Å². The first-order valence-corrected chi connectivity index (χ1v) is 8.95. The van der Waals surface area contributed by atoms with Gasteiger partial charge in [0.2, 0.25) is 0 Å². The first kappa shape index (κ1) is 22.6. The molecule has 1 aromatic heterocycles. The Morgan fingerprint density at radius 2 is 2.00 bits per heavy atom. The van der Waals surface area contributed by atoms with Crippen LogP contribution in [0.1, 0.15) is 24.6 Å². The lowest BCUT2D eigenvalue weighted by Gasteiger charge is -2.22. The number of phenols is 1. The predicted molar refractivity (Wildman–Crippen MR) is 120 cm³/mol. The average Bonchev–Trinajstić information content (AvgIpc) is 2.89. The van der Waals surface area contributed by atoms with E-state index in [9.17, 15) is 5.11 Å². The van der Waals surface area contributed by atoms with Crippen LogP contribution in [0, 0.1) is 0 Å². The smallest absolute Gasteiger partial charge is 0.194 e. The third-order valence-corrected chi connectivity index (χ3v) is 4.20. The summed E-state index contributed by atoms with van der Waals surface area (Å²) in [7, 11) is 4.03. The highest BCUT2D eigenvalue weighted by Gasteiger charge is 2.09. The molecule has 0 radical (unpaired) electrons. The maximum absolute atomic E-state index is 9.32. The highest BCUT2D eigenvalue weighted by molar-refractivity contribution is 14.0. The molecule has 0 spiro atoms. The SMILES string of the molecule is CCNC(=NCCCc1ccc(O)cc1)N(C)Cc1cc(Cl)cn1C.I. The molecule has 7 heteroatoms. The van der Waals surface area contributed by atoms with Gasteiger partial charge >= 0.3 is 0 Å². The van der Waals surface area contributed by atoms with Crippen molar-refractivity contribution in [2.24, 2.45) is 12.0 Å². The van der Waals surface area contributed by atoms with Crippen LogP contribution < -0.4 is 5.32 Å². The highest BCUT2D eigenvalue weighted by atomic mass is 127. The number of guanidine groups is 1. The number of aromatic hydroxyl groups is 1. The van der Waals surface area contributed by atoms with Crippen LogP contribution in [0.5, 0.6) is 5.75 Å². The number of aromatic nitrogens is 1. The Morgan fingerprint density at radius 3 is 2.58 bits per heavy atom. The summed E-state index contributed by atoms with van der Waals surface area (Å²) in [6.07, 6.45) is 3.82. The van der Waals surface area contributed by atoms with Gasteiger partial charge in [0.05, 0.1) is 11.6 Å². The normalized spacial score (nSPS) is 11.2. The van der Waals surface area contributed by atoms with Crippen molar-refractivity contribution in [3.8, 4) is 5.75 Å². The van der Waals surface area contributed by atoms with E-state index in [1.165, 1.54) is 5.56 Å². The van der Waals surface area contributed by atoms with Crippen LogP contribution in [-0.4, -0.2) is 40.7 Å². The van der Waals surface area contributed by atoms with E-state index in [1.807, 2.05) is 43.1 Å². The molecule has 26 heavy (non-hydrogen) atoms. The summed E-state index contributed by atoms with van der Waals surface area (Å²) in [5.74, 6) is 1.20. The van der Waals surface area contributed by atoms with Crippen LogP contribution in [0.15, 0.2) is 41.5 Å². The second-order valence-electron chi connectivity index (χ2n) is 6.12. The van der Waals surface area contributed by atoms with Gasteiger partial charge in [0.1, 0.15) is 5.75 Å². The Bertz CT molecular complexity index is 700. The molecular formula is C19H28ClIN4O. The molecule has 0 amide bonds. The number of aryl methyl sites for hydroxylation is 2. The van der Waals surface area contributed by atoms with E-state index in [0.29, 0.717) is 5.75 Å². The maximum atomic E-state index is 9.32. The molecule has 0 saturated heterocycles. The number of benzene rings is 1. The summed E-state index contributed by atoms with van der Waals surface area (Å²) in [5, 5.41) is 13.4. The van der Waals surface area contributed by atoms with Gasteiger partial charge in [-0.05, 0) is 43.5 Å². The summed E-state index contributed by atoms with van der Waals surface area (Å²) in [4.78, 5) is 6.83. The Hall–Kier alpha value is -1.41. The number of hydrogen-bond donors (Lipinski definition) is 2. The van der Waals surface area contributed by atoms with Gasteiger partial charge in [-0.25, -0.2) is 0 Å².